The smallest absolute Gasteiger partial charge is 0.251 e. The van der Waals surface area contributed by atoms with Crippen molar-refractivity contribution < 1.29 is 13.6 Å². The minimum absolute atomic E-state index is 0.257. The minimum Gasteiger partial charge on any atom is -0.343 e. The third-order valence-electron chi connectivity index (χ3n) is 6.93. The van der Waals surface area contributed by atoms with Gasteiger partial charge in [-0.05, 0) is 97.3 Å². The lowest BCUT2D eigenvalue weighted by molar-refractivity contribution is 0.0930. The van der Waals surface area contributed by atoms with E-state index in [1.807, 2.05) is 37.5 Å². The van der Waals surface area contributed by atoms with Crippen molar-refractivity contribution in [2.24, 2.45) is 13.0 Å². The number of nitrogens with one attached hydrogen (secondary N) is 2. The van der Waals surface area contributed by atoms with Gasteiger partial charge in [0.2, 0.25) is 5.62 Å². The lowest BCUT2D eigenvalue weighted by atomic mass is 9.95. The van der Waals surface area contributed by atoms with Gasteiger partial charge in [-0.2, -0.15) is 0 Å². The third kappa shape index (κ3) is 5.23. The molecule has 5 rings (SSSR count). The Morgan fingerprint density at radius 3 is 2.54 bits per heavy atom. The monoisotopic (exact) mass is 501 g/mol. The number of hydrogen-bond acceptors (Lipinski definition) is 3. The molecule has 2 heterocycles. The predicted octanol–water partition coefficient (Wildman–Crippen LogP) is 5.19. The summed E-state index contributed by atoms with van der Waals surface area (Å²) in [6.07, 6.45) is 5.57. The van der Waals surface area contributed by atoms with E-state index in [4.69, 9.17) is 5.41 Å². The molecule has 37 heavy (non-hydrogen) atoms. The standard InChI is InChI=1S/C29H29F2N5O/c1-17-12-23(30)6-7-24(17)21-13-19(16-36-11-10-35(3)29(36)32)14-22(15-21)28(37)34-27(20-4-5-20)26-9-8-25(31)18(2)33-26/h6-15,20,27,32H,4-5,16H2,1-3H3,(H,34,37)/t27-/m1/s1. The molecule has 0 bridgehead atoms. The van der Waals surface area contributed by atoms with Gasteiger partial charge in [-0.1, -0.05) is 6.07 Å². The zero-order valence-electron chi connectivity index (χ0n) is 21.1. The number of aromatic nitrogens is 3. The van der Waals surface area contributed by atoms with E-state index in [1.54, 1.807) is 35.2 Å². The largest absolute Gasteiger partial charge is 0.343 e. The maximum Gasteiger partial charge on any atom is 0.251 e. The van der Waals surface area contributed by atoms with Crippen LogP contribution in [0.1, 0.15) is 51.8 Å². The van der Waals surface area contributed by atoms with Crippen LogP contribution in [-0.4, -0.2) is 20.0 Å². The average molecular weight is 502 g/mol. The van der Waals surface area contributed by atoms with Crippen molar-refractivity contribution in [3.8, 4) is 11.1 Å². The molecule has 1 aliphatic rings. The number of amides is 1. The van der Waals surface area contributed by atoms with Gasteiger partial charge in [0.1, 0.15) is 11.6 Å². The number of hydrogen-bond donors (Lipinski definition) is 2. The highest BCUT2D eigenvalue weighted by Gasteiger charge is 2.35. The Labute approximate surface area is 214 Å². The van der Waals surface area contributed by atoms with Gasteiger partial charge in [0.15, 0.2) is 0 Å². The fourth-order valence-corrected chi connectivity index (χ4v) is 4.69. The van der Waals surface area contributed by atoms with Crippen LogP contribution in [0.5, 0.6) is 0 Å². The van der Waals surface area contributed by atoms with Crippen LogP contribution < -0.4 is 10.9 Å². The van der Waals surface area contributed by atoms with Gasteiger partial charge < -0.3 is 14.5 Å². The SMILES string of the molecule is Cc1cc(F)ccc1-c1cc(Cn2ccn(C)c2=N)cc(C(=O)N[C@@H](c2ccc(F)c(C)n2)C2CC2)c1. The molecule has 190 valence electrons. The molecule has 0 spiro atoms. The van der Waals surface area contributed by atoms with Crippen LogP contribution in [0.4, 0.5) is 8.78 Å². The summed E-state index contributed by atoms with van der Waals surface area (Å²) >= 11 is 0. The van der Waals surface area contributed by atoms with Crippen LogP contribution >= 0.6 is 0 Å². The minimum atomic E-state index is -0.371. The van der Waals surface area contributed by atoms with E-state index >= 15 is 0 Å². The number of pyridine rings is 1. The van der Waals surface area contributed by atoms with Gasteiger partial charge in [0.05, 0.1) is 24.0 Å². The molecule has 2 aromatic carbocycles. The molecule has 2 aromatic heterocycles. The summed E-state index contributed by atoms with van der Waals surface area (Å²) < 4.78 is 31.1. The maximum atomic E-state index is 13.8. The summed E-state index contributed by atoms with van der Waals surface area (Å²) in [4.78, 5) is 18.0. The van der Waals surface area contributed by atoms with E-state index < -0.39 is 0 Å². The summed E-state index contributed by atoms with van der Waals surface area (Å²) in [7, 11) is 1.80. The van der Waals surface area contributed by atoms with E-state index in [2.05, 4.69) is 10.3 Å². The quantitative estimate of drug-likeness (QED) is 0.366. The highest BCUT2D eigenvalue weighted by molar-refractivity contribution is 5.96. The van der Waals surface area contributed by atoms with Crippen LogP contribution in [-0.2, 0) is 13.6 Å². The molecule has 1 fully saturated rings. The number of halogens is 2. The van der Waals surface area contributed by atoms with E-state index in [0.29, 0.717) is 29.1 Å². The topological polar surface area (TPSA) is 75.7 Å². The first-order chi connectivity index (χ1) is 17.7. The number of rotatable bonds is 7. The van der Waals surface area contributed by atoms with Gasteiger partial charge in [-0.3, -0.25) is 15.2 Å². The molecule has 0 radical (unpaired) electrons. The molecule has 2 N–H and O–H groups in total. The second-order valence-electron chi connectivity index (χ2n) is 9.83. The summed E-state index contributed by atoms with van der Waals surface area (Å²) in [5.41, 5.74) is 4.98. The Morgan fingerprint density at radius 1 is 1.11 bits per heavy atom. The van der Waals surface area contributed by atoms with Gasteiger partial charge in [0.25, 0.3) is 5.91 Å². The van der Waals surface area contributed by atoms with Crippen molar-refractivity contribution in [3.05, 3.63) is 106 Å². The van der Waals surface area contributed by atoms with Crippen molar-refractivity contribution in [1.29, 1.82) is 5.41 Å². The van der Waals surface area contributed by atoms with E-state index in [-0.39, 0.29) is 29.5 Å². The number of carbonyl (C=O) groups is 1. The zero-order chi connectivity index (χ0) is 26.3. The molecule has 1 saturated carbocycles. The summed E-state index contributed by atoms with van der Waals surface area (Å²) in [5.74, 6) is -0.686. The molecule has 1 aliphatic carbocycles. The lowest BCUT2D eigenvalue weighted by Gasteiger charge is -2.19. The van der Waals surface area contributed by atoms with Gasteiger partial charge >= 0.3 is 0 Å². The fourth-order valence-electron chi connectivity index (χ4n) is 4.69. The molecular weight excluding hydrogens is 472 g/mol. The van der Waals surface area contributed by atoms with Gasteiger partial charge in [-0.25, -0.2) is 8.78 Å². The second-order valence-corrected chi connectivity index (χ2v) is 9.83. The van der Waals surface area contributed by atoms with Crippen LogP contribution in [0, 0.1) is 36.8 Å². The zero-order valence-corrected chi connectivity index (χ0v) is 21.1. The fraction of sp³-hybridized carbons (Fsp3) is 0.276. The Bertz CT molecular complexity index is 1550. The summed E-state index contributed by atoms with van der Waals surface area (Å²) in [5, 5.41) is 11.4. The Morgan fingerprint density at radius 2 is 1.89 bits per heavy atom. The van der Waals surface area contributed by atoms with Crippen molar-refractivity contribution in [3.63, 3.8) is 0 Å². The number of aryl methyl sites for hydroxylation is 3. The van der Waals surface area contributed by atoms with Crippen molar-refractivity contribution in [2.75, 3.05) is 0 Å². The first-order valence-corrected chi connectivity index (χ1v) is 12.3. The molecule has 8 heteroatoms. The second kappa shape index (κ2) is 9.76. The van der Waals surface area contributed by atoms with Gasteiger partial charge in [-0.15, -0.1) is 0 Å². The lowest BCUT2D eigenvalue weighted by Crippen LogP contribution is -2.31. The summed E-state index contributed by atoms with van der Waals surface area (Å²) in [6.45, 7) is 3.86. The average Bonchev–Trinajstić information content (AvgIpc) is 3.66. The molecule has 0 aliphatic heterocycles. The number of nitrogens with zero attached hydrogens (tertiary/aromatic N) is 3. The number of benzene rings is 2. The molecule has 0 saturated heterocycles. The molecule has 4 aromatic rings. The van der Waals surface area contributed by atoms with Crippen LogP contribution in [0.2, 0.25) is 0 Å². The van der Waals surface area contributed by atoms with E-state index in [0.717, 1.165) is 35.1 Å². The van der Waals surface area contributed by atoms with Crippen molar-refractivity contribution in [2.45, 2.75) is 39.3 Å². The normalized spacial score (nSPS) is 14.0. The van der Waals surface area contributed by atoms with Gasteiger partial charge in [0, 0.05) is 25.0 Å². The van der Waals surface area contributed by atoms with Crippen molar-refractivity contribution in [1.82, 2.24) is 19.4 Å². The Kier molecular flexibility index (Phi) is 6.50. The molecule has 1 amide bonds. The Hall–Kier alpha value is -4.07. The van der Waals surface area contributed by atoms with Crippen LogP contribution in [0.15, 0.2) is 60.9 Å². The Balaban J connectivity index is 1.52. The molecule has 0 unspecified atom stereocenters. The number of imidazole rings is 1. The maximum absolute atomic E-state index is 13.8. The first kappa shape index (κ1) is 24.6. The van der Waals surface area contributed by atoms with Crippen molar-refractivity contribution >= 4 is 5.91 Å². The molecular formula is C29H29F2N5O. The number of carbonyl (C=O) groups excluding carboxylic acids is 1. The summed E-state index contributed by atoms with van der Waals surface area (Å²) in [6, 6.07) is 12.9. The van der Waals surface area contributed by atoms with Crippen LogP contribution in [0.3, 0.4) is 0 Å². The van der Waals surface area contributed by atoms with E-state index in [1.165, 1.54) is 18.2 Å². The van der Waals surface area contributed by atoms with E-state index in [9.17, 15) is 13.6 Å². The predicted molar refractivity (Wildman–Crippen MR) is 137 cm³/mol. The highest BCUT2D eigenvalue weighted by atomic mass is 19.1. The highest BCUT2D eigenvalue weighted by Crippen LogP contribution is 2.41. The molecule has 6 nitrogen and oxygen atoms in total. The molecule has 1 atom stereocenters. The van der Waals surface area contributed by atoms with Crippen LogP contribution in [0.25, 0.3) is 11.1 Å². The first-order valence-electron chi connectivity index (χ1n) is 12.3. The third-order valence-corrected chi connectivity index (χ3v) is 6.93.